The molecule has 0 aromatic heterocycles. The number of hydrogen-bond acceptors (Lipinski definition) is 3. The van der Waals surface area contributed by atoms with Gasteiger partial charge in [0.05, 0.1) is 13.2 Å². The fourth-order valence-electron chi connectivity index (χ4n) is 0.268. The smallest absolute Gasteiger partial charge is 0.407 e. The highest BCUT2D eigenvalue weighted by molar-refractivity contribution is 5.67. The summed E-state index contributed by atoms with van der Waals surface area (Å²) in [6.07, 6.45) is -0.580. The first kappa shape index (κ1) is 7.76. The first-order chi connectivity index (χ1) is 4.20. The maximum absolute atomic E-state index is 10.3. The minimum Gasteiger partial charge on any atom is -0.453 e. The van der Waals surface area contributed by atoms with Crippen LogP contribution in [0.25, 0.3) is 0 Å². The summed E-state index contributed by atoms with van der Waals surface area (Å²) in [5.41, 5.74) is 0. The van der Waals surface area contributed by atoms with Gasteiger partial charge in [0.2, 0.25) is 0 Å². The van der Waals surface area contributed by atoms with Gasteiger partial charge in [-0.25, -0.2) is 4.79 Å². The zero-order valence-electron chi connectivity index (χ0n) is 5.34. The van der Waals surface area contributed by atoms with Crippen LogP contribution in [0, 0.1) is 11.3 Å². The van der Waals surface area contributed by atoms with Crippen molar-refractivity contribution in [2.24, 2.45) is 0 Å². The number of nitriles is 1. The molecule has 50 valence electrons. The summed E-state index contributed by atoms with van der Waals surface area (Å²) in [6, 6.07) is 1.33. The molecule has 0 bridgehead atoms. The largest absolute Gasteiger partial charge is 0.453 e. The van der Waals surface area contributed by atoms with Crippen molar-refractivity contribution >= 4 is 6.09 Å². The van der Waals surface area contributed by atoms with E-state index in [1.165, 1.54) is 7.11 Å². The molecule has 0 spiro atoms. The first-order valence-electron chi connectivity index (χ1n) is 2.44. The van der Waals surface area contributed by atoms with E-state index >= 15 is 0 Å². The van der Waals surface area contributed by atoms with Crippen LogP contribution in [0.4, 0.5) is 4.79 Å². The van der Waals surface area contributed by atoms with Crippen molar-refractivity contribution in [1.29, 1.82) is 5.26 Å². The molecule has 0 aliphatic carbocycles. The molecular formula is C5H8N2O2. The molecule has 0 radical (unpaired) electrons. The number of nitrogens with zero attached hydrogens (tertiary/aromatic N) is 1. The van der Waals surface area contributed by atoms with Crippen molar-refractivity contribution in [3.05, 3.63) is 0 Å². The monoisotopic (exact) mass is 128 g/mol. The van der Waals surface area contributed by atoms with E-state index in [2.05, 4.69) is 10.1 Å². The molecule has 0 saturated heterocycles. The van der Waals surface area contributed by atoms with Crippen LogP contribution in [0.15, 0.2) is 0 Å². The molecule has 1 unspecified atom stereocenters. The molecule has 0 heterocycles. The number of alkyl carbamates (subject to hydrolysis) is 1. The summed E-state index contributed by atoms with van der Waals surface area (Å²) in [6.45, 7) is 1.57. The molecule has 9 heavy (non-hydrogen) atoms. The highest BCUT2D eigenvalue weighted by Crippen LogP contribution is 1.77. The lowest BCUT2D eigenvalue weighted by Crippen LogP contribution is -2.30. The number of nitrogens with one attached hydrogen (secondary N) is 1. The minimum absolute atomic E-state index is 0.488. The molecule has 1 N–H and O–H groups in total. The third-order valence-corrected chi connectivity index (χ3v) is 0.713. The average Bonchev–Trinajstić information content (AvgIpc) is 1.87. The predicted molar refractivity (Wildman–Crippen MR) is 30.6 cm³/mol. The van der Waals surface area contributed by atoms with Gasteiger partial charge in [-0.1, -0.05) is 0 Å². The number of hydrogen-bond donors (Lipinski definition) is 1. The lowest BCUT2D eigenvalue weighted by atomic mass is 10.4. The number of rotatable bonds is 1. The molecule has 1 amide bonds. The summed E-state index contributed by atoms with van der Waals surface area (Å²) >= 11 is 0. The SMILES string of the molecule is COC(=O)NC(C)C#N. The van der Waals surface area contributed by atoms with Gasteiger partial charge in [0, 0.05) is 0 Å². The standard InChI is InChI=1S/C5H8N2O2/c1-4(3-6)7-5(8)9-2/h4H,1-2H3,(H,7,8). The highest BCUT2D eigenvalue weighted by atomic mass is 16.5. The van der Waals surface area contributed by atoms with Crippen LogP contribution < -0.4 is 5.32 Å². The molecule has 0 fully saturated rings. The number of carbonyl (C=O) groups excluding carboxylic acids is 1. The Hall–Kier alpha value is -1.24. The van der Waals surface area contributed by atoms with Crippen LogP contribution in [-0.4, -0.2) is 19.2 Å². The van der Waals surface area contributed by atoms with E-state index in [1.54, 1.807) is 6.92 Å². The fourth-order valence-corrected chi connectivity index (χ4v) is 0.268. The van der Waals surface area contributed by atoms with Crippen molar-refractivity contribution in [3.8, 4) is 6.07 Å². The van der Waals surface area contributed by atoms with Crippen LogP contribution in [0.2, 0.25) is 0 Å². The van der Waals surface area contributed by atoms with Gasteiger partial charge < -0.3 is 10.1 Å². The predicted octanol–water partition coefficient (Wildman–Crippen LogP) is 0.254. The molecule has 0 rings (SSSR count). The zero-order valence-corrected chi connectivity index (χ0v) is 5.34. The lowest BCUT2D eigenvalue weighted by Gasteiger charge is -2.02. The van der Waals surface area contributed by atoms with E-state index in [9.17, 15) is 4.79 Å². The summed E-state index contributed by atoms with van der Waals surface area (Å²) < 4.78 is 4.22. The lowest BCUT2D eigenvalue weighted by molar-refractivity contribution is 0.169. The minimum atomic E-state index is -0.580. The second-order valence-electron chi connectivity index (χ2n) is 1.49. The highest BCUT2D eigenvalue weighted by Gasteiger charge is 2.02. The van der Waals surface area contributed by atoms with Crippen molar-refractivity contribution in [2.45, 2.75) is 13.0 Å². The average molecular weight is 128 g/mol. The normalized spacial score (nSPS) is 11.2. The van der Waals surface area contributed by atoms with Crippen molar-refractivity contribution in [1.82, 2.24) is 5.32 Å². The molecule has 0 aliphatic heterocycles. The summed E-state index contributed by atoms with van der Waals surface area (Å²) in [4.78, 5) is 10.3. The molecule has 0 aliphatic rings. The van der Waals surface area contributed by atoms with Crippen LogP contribution in [0.3, 0.4) is 0 Å². The van der Waals surface area contributed by atoms with Gasteiger partial charge in [0.1, 0.15) is 6.04 Å². The molecule has 4 heteroatoms. The van der Waals surface area contributed by atoms with E-state index in [4.69, 9.17) is 5.26 Å². The van der Waals surface area contributed by atoms with E-state index in [0.29, 0.717) is 0 Å². The second-order valence-corrected chi connectivity index (χ2v) is 1.49. The number of amides is 1. The Morgan fingerprint density at radius 2 is 2.44 bits per heavy atom. The molecule has 0 saturated carbocycles. The van der Waals surface area contributed by atoms with Crippen LogP contribution >= 0.6 is 0 Å². The first-order valence-corrected chi connectivity index (χ1v) is 2.44. The Morgan fingerprint density at radius 3 is 2.78 bits per heavy atom. The molecule has 0 aromatic carbocycles. The summed E-state index contributed by atoms with van der Waals surface area (Å²) in [5, 5.41) is 10.4. The Bertz CT molecular complexity index is 138. The third kappa shape index (κ3) is 3.35. The molecule has 4 nitrogen and oxygen atoms in total. The van der Waals surface area contributed by atoms with Gasteiger partial charge >= 0.3 is 6.09 Å². The molecule has 0 aromatic rings. The van der Waals surface area contributed by atoms with Crippen molar-refractivity contribution in [3.63, 3.8) is 0 Å². The van der Waals surface area contributed by atoms with Gasteiger partial charge in [-0.15, -0.1) is 0 Å². The van der Waals surface area contributed by atoms with Crippen LogP contribution in [0.1, 0.15) is 6.92 Å². The van der Waals surface area contributed by atoms with E-state index in [1.807, 2.05) is 6.07 Å². The van der Waals surface area contributed by atoms with Gasteiger partial charge in [0.15, 0.2) is 0 Å². The maximum atomic E-state index is 10.3. The van der Waals surface area contributed by atoms with E-state index < -0.39 is 12.1 Å². The third-order valence-electron chi connectivity index (χ3n) is 0.713. The summed E-state index contributed by atoms with van der Waals surface area (Å²) in [5.74, 6) is 0. The number of carbonyl (C=O) groups is 1. The maximum Gasteiger partial charge on any atom is 0.407 e. The topological polar surface area (TPSA) is 62.1 Å². The van der Waals surface area contributed by atoms with Gasteiger partial charge in [0.25, 0.3) is 0 Å². The fraction of sp³-hybridized carbons (Fsp3) is 0.600. The van der Waals surface area contributed by atoms with E-state index in [0.717, 1.165) is 0 Å². The summed E-state index contributed by atoms with van der Waals surface area (Å²) in [7, 11) is 1.25. The zero-order chi connectivity index (χ0) is 7.28. The quantitative estimate of drug-likeness (QED) is 0.550. The van der Waals surface area contributed by atoms with Crippen molar-refractivity contribution in [2.75, 3.05) is 7.11 Å². The van der Waals surface area contributed by atoms with Gasteiger partial charge in [-0.05, 0) is 6.92 Å². The van der Waals surface area contributed by atoms with Gasteiger partial charge in [-0.2, -0.15) is 5.26 Å². The van der Waals surface area contributed by atoms with Gasteiger partial charge in [-0.3, -0.25) is 0 Å². The Labute approximate surface area is 53.4 Å². The number of methoxy groups -OCH3 is 1. The van der Waals surface area contributed by atoms with Crippen LogP contribution in [0.5, 0.6) is 0 Å². The second kappa shape index (κ2) is 3.72. The van der Waals surface area contributed by atoms with E-state index in [-0.39, 0.29) is 0 Å². The Kier molecular flexibility index (Phi) is 3.21. The number of ether oxygens (including phenoxy) is 1. The Balaban J connectivity index is 3.50. The molecule has 1 atom stereocenters. The molecular weight excluding hydrogens is 120 g/mol. The van der Waals surface area contributed by atoms with Crippen LogP contribution in [-0.2, 0) is 4.74 Å². The Morgan fingerprint density at radius 1 is 1.89 bits per heavy atom. The van der Waals surface area contributed by atoms with Crippen molar-refractivity contribution < 1.29 is 9.53 Å².